The van der Waals surface area contributed by atoms with Crippen LogP contribution in [-0.2, 0) is 14.3 Å². The summed E-state index contributed by atoms with van der Waals surface area (Å²) in [5, 5.41) is 11.5. The monoisotopic (exact) mass is 285 g/mol. The van der Waals surface area contributed by atoms with Crippen LogP contribution in [0, 0.1) is 0 Å². The van der Waals surface area contributed by atoms with E-state index in [1.54, 1.807) is 20.8 Å². The molecule has 1 rings (SSSR count). The highest BCUT2D eigenvalue weighted by Gasteiger charge is 2.23. The number of carboxylic acids is 1. The fourth-order valence-electron chi connectivity index (χ4n) is 1.79. The second-order valence-electron chi connectivity index (χ2n) is 5.75. The lowest BCUT2D eigenvalue weighted by Crippen LogP contribution is -2.43. The van der Waals surface area contributed by atoms with Crippen LogP contribution < -0.4 is 5.32 Å². The number of hydrogen-bond donors (Lipinski definition) is 2. The molecule has 1 aliphatic rings. The number of alkyl carbamates (subject to hydrolysis) is 1. The summed E-state index contributed by atoms with van der Waals surface area (Å²) < 4.78 is 10.3. The normalized spacial score (nSPS) is 17.2. The standard InChI is InChI=1S/C14H23NO5/c1-14(2,3)20-13(18)15-11(12(16)17)5-4-10-6-8-19-9-7-10/h4,11H,5-9H2,1-3H3,(H,15,18)(H,16,17). The summed E-state index contributed by atoms with van der Waals surface area (Å²) in [5.74, 6) is -1.07. The first-order valence-electron chi connectivity index (χ1n) is 6.76. The van der Waals surface area contributed by atoms with Gasteiger partial charge in [0.05, 0.1) is 13.2 Å². The van der Waals surface area contributed by atoms with Gasteiger partial charge in [0, 0.05) is 0 Å². The number of carbonyl (C=O) groups is 2. The number of rotatable bonds is 4. The van der Waals surface area contributed by atoms with E-state index in [9.17, 15) is 9.59 Å². The lowest BCUT2D eigenvalue weighted by molar-refractivity contribution is -0.139. The van der Waals surface area contributed by atoms with Crippen LogP contribution in [0.15, 0.2) is 11.6 Å². The molecule has 2 N–H and O–H groups in total. The molecule has 6 heteroatoms. The third-order valence-electron chi connectivity index (χ3n) is 2.77. The Hall–Kier alpha value is -1.56. The van der Waals surface area contributed by atoms with Crippen molar-refractivity contribution in [1.82, 2.24) is 5.32 Å². The molecule has 1 heterocycles. The van der Waals surface area contributed by atoms with Crippen molar-refractivity contribution in [2.24, 2.45) is 0 Å². The maximum absolute atomic E-state index is 11.6. The zero-order chi connectivity index (χ0) is 15.2. The lowest BCUT2D eigenvalue weighted by Gasteiger charge is -2.22. The maximum atomic E-state index is 11.6. The van der Waals surface area contributed by atoms with Crippen LogP contribution in [0.5, 0.6) is 0 Å². The van der Waals surface area contributed by atoms with Crippen LogP contribution >= 0.6 is 0 Å². The minimum absolute atomic E-state index is 0.254. The van der Waals surface area contributed by atoms with Gasteiger partial charge in [0.1, 0.15) is 11.6 Å². The Balaban J connectivity index is 2.52. The van der Waals surface area contributed by atoms with Crippen molar-refractivity contribution in [1.29, 1.82) is 0 Å². The van der Waals surface area contributed by atoms with Gasteiger partial charge in [-0.05, 0) is 40.0 Å². The first-order chi connectivity index (χ1) is 9.28. The third kappa shape index (κ3) is 6.56. The fraction of sp³-hybridized carbons (Fsp3) is 0.714. The molecule has 0 saturated carbocycles. The molecule has 6 nitrogen and oxygen atoms in total. The van der Waals surface area contributed by atoms with Crippen molar-refractivity contribution in [3.63, 3.8) is 0 Å². The zero-order valence-electron chi connectivity index (χ0n) is 12.3. The van der Waals surface area contributed by atoms with Crippen molar-refractivity contribution in [3.05, 3.63) is 11.6 Å². The van der Waals surface area contributed by atoms with Gasteiger partial charge in [-0.2, -0.15) is 0 Å². The molecule has 114 valence electrons. The maximum Gasteiger partial charge on any atom is 0.408 e. The van der Waals surface area contributed by atoms with Crippen LogP contribution in [-0.4, -0.2) is 42.0 Å². The van der Waals surface area contributed by atoms with E-state index in [1.807, 2.05) is 6.08 Å². The smallest absolute Gasteiger partial charge is 0.408 e. The summed E-state index contributed by atoms with van der Waals surface area (Å²) in [6.07, 6.45) is 3.05. The molecular formula is C14H23NO5. The number of carboxylic acid groups (broad SMARTS) is 1. The third-order valence-corrected chi connectivity index (χ3v) is 2.77. The van der Waals surface area contributed by atoms with Gasteiger partial charge in [0.15, 0.2) is 0 Å². The number of hydrogen-bond acceptors (Lipinski definition) is 4. The SMILES string of the molecule is CC(C)(C)OC(=O)NC(CC=C1CCOCC1)C(=O)O. The van der Waals surface area contributed by atoms with Crippen molar-refractivity contribution < 1.29 is 24.2 Å². The molecule has 1 aliphatic heterocycles. The predicted octanol–water partition coefficient (Wildman–Crippen LogP) is 2.09. The molecule has 0 aromatic rings. The summed E-state index contributed by atoms with van der Waals surface area (Å²) in [6.45, 7) is 6.53. The molecular weight excluding hydrogens is 262 g/mol. The Morgan fingerprint density at radius 1 is 1.40 bits per heavy atom. The summed E-state index contributed by atoms with van der Waals surface area (Å²) in [6, 6.07) is -0.972. The Morgan fingerprint density at radius 3 is 2.50 bits per heavy atom. The van der Waals surface area contributed by atoms with Crippen molar-refractivity contribution in [2.45, 2.75) is 51.7 Å². The van der Waals surface area contributed by atoms with E-state index in [2.05, 4.69) is 5.32 Å². The zero-order valence-corrected chi connectivity index (χ0v) is 12.3. The molecule has 0 bridgehead atoms. The molecule has 0 aromatic heterocycles. The van der Waals surface area contributed by atoms with E-state index in [1.165, 1.54) is 5.57 Å². The van der Waals surface area contributed by atoms with Crippen LogP contribution in [0.3, 0.4) is 0 Å². The first-order valence-corrected chi connectivity index (χ1v) is 6.76. The van der Waals surface area contributed by atoms with Gasteiger partial charge in [0.2, 0.25) is 0 Å². The molecule has 1 atom stereocenters. The summed E-state index contributed by atoms with van der Waals surface area (Å²) in [4.78, 5) is 22.7. The highest BCUT2D eigenvalue weighted by atomic mass is 16.6. The highest BCUT2D eigenvalue weighted by molar-refractivity contribution is 5.80. The largest absolute Gasteiger partial charge is 0.480 e. The first kappa shape index (κ1) is 16.5. The van der Waals surface area contributed by atoms with Gasteiger partial charge in [-0.1, -0.05) is 11.6 Å². The van der Waals surface area contributed by atoms with Gasteiger partial charge < -0.3 is 19.9 Å². The van der Waals surface area contributed by atoms with Crippen LogP contribution in [0.4, 0.5) is 4.79 Å². The van der Waals surface area contributed by atoms with Crippen molar-refractivity contribution in [2.75, 3.05) is 13.2 Å². The van der Waals surface area contributed by atoms with Gasteiger partial charge in [-0.15, -0.1) is 0 Å². The number of aliphatic carboxylic acids is 1. The van der Waals surface area contributed by atoms with Crippen LogP contribution in [0.25, 0.3) is 0 Å². The summed E-state index contributed by atoms with van der Waals surface area (Å²) in [7, 11) is 0. The van der Waals surface area contributed by atoms with Crippen molar-refractivity contribution >= 4 is 12.1 Å². The van der Waals surface area contributed by atoms with E-state index in [-0.39, 0.29) is 6.42 Å². The molecule has 20 heavy (non-hydrogen) atoms. The Kier molecular flexibility index (Phi) is 6.01. The highest BCUT2D eigenvalue weighted by Crippen LogP contribution is 2.15. The predicted molar refractivity (Wildman–Crippen MR) is 73.5 cm³/mol. The summed E-state index contributed by atoms with van der Waals surface area (Å²) >= 11 is 0. The molecule has 1 amide bonds. The molecule has 0 aliphatic carbocycles. The minimum atomic E-state index is -1.07. The van der Waals surface area contributed by atoms with E-state index < -0.39 is 23.7 Å². The quantitative estimate of drug-likeness (QED) is 0.773. The van der Waals surface area contributed by atoms with E-state index in [0.29, 0.717) is 13.2 Å². The average Bonchev–Trinajstić information content (AvgIpc) is 2.33. The number of nitrogens with one attached hydrogen (secondary N) is 1. The van der Waals surface area contributed by atoms with Gasteiger partial charge in [-0.3, -0.25) is 0 Å². The second-order valence-corrected chi connectivity index (χ2v) is 5.75. The summed E-state index contributed by atoms with van der Waals surface area (Å²) in [5.41, 5.74) is 0.528. The molecule has 1 saturated heterocycles. The fourth-order valence-corrected chi connectivity index (χ4v) is 1.79. The average molecular weight is 285 g/mol. The minimum Gasteiger partial charge on any atom is -0.480 e. The lowest BCUT2D eigenvalue weighted by atomic mass is 10.0. The molecule has 1 fully saturated rings. The van der Waals surface area contributed by atoms with Gasteiger partial charge in [-0.25, -0.2) is 9.59 Å². The Bertz CT molecular complexity index is 376. The molecule has 0 spiro atoms. The van der Waals surface area contributed by atoms with Crippen LogP contribution in [0.2, 0.25) is 0 Å². The van der Waals surface area contributed by atoms with Gasteiger partial charge >= 0.3 is 12.1 Å². The van der Waals surface area contributed by atoms with Gasteiger partial charge in [0.25, 0.3) is 0 Å². The topological polar surface area (TPSA) is 84.9 Å². The second kappa shape index (κ2) is 7.28. The van der Waals surface area contributed by atoms with E-state index in [4.69, 9.17) is 14.6 Å². The van der Waals surface area contributed by atoms with Crippen LogP contribution in [0.1, 0.15) is 40.0 Å². The Labute approximate surface area is 119 Å². The van der Waals surface area contributed by atoms with E-state index >= 15 is 0 Å². The number of amides is 1. The number of ether oxygens (including phenoxy) is 2. The Morgan fingerprint density at radius 2 is 2.00 bits per heavy atom. The number of carbonyl (C=O) groups excluding carboxylic acids is 1. The van der Waals surface area contributed by atoms with Crippen molar-refractivity contribution in [3.8, 4) is 0 Å². The molecule has 1 unspecified atom stereocenters. The molecule has 0 aromatic carbocycles. The molecule has 0 radical (unpaired) electrons. The van der Waals surface area contributed by atoms with E-state index in [0.717, 1.165) is 12.8 Å².